The summed E-state index contributed by atoms with van der Waals surface area (Å²) in [6.07, 6.45) is -36.5. The molecule has 368 valence electrons. The molecule has 0 amide bonds. The molecule has 66 heavy (non-hydrogen) atoms. The Hall–Kier alpha value is -4.15. The molecule has 4 aliphatic heterocycles. The second-order valence-corrected chi connectivity index (χ2v) is 15.9. The Labute approximate surface area is 369 Å². The maximum Gasteiger partial charge on any atom is 0.239 e. The monoisotopic (exact) mass is 950 g/mol. The predicted molar refractivity (Wildman–Crippen MR) is 207 cm³/mol. The Morgan fingerprint density at radius 1 is 0.485 bits per heavy atom. The van der Waals surface area contributed by atoms with Crippen LogP contribution in [-0.2, 0) is 28.4 Å². The minimum Gasteiger partial charge on any atom is -0.508 e. The molecule has 4 fully saturated rings. The molecule has 20 atom stereocenters. The van der Waals surface area contributed by atoms with Crippen LogP contribution in [0.1, 0.15) is 0 Å². The minimum absolute atomic E-state index is 0.226. The number of fused-ring (bicyclic) bond motifs is 1. The second kappa shape index (κ2) is 20.2. The van der Waals surface area contributed by atoms with Crippen molar-refractivity contribution in [1.29, 1.82) is 0 Å². The van der Waals surface area contributed by atoms with E-state index in [2.05, 4.69) is 0 Å². The smallest absolute Gasteiger partial charge is 0.239 e. The Bertz CT molecular complexity index is 2180. The zero-order chi connectivity index (χ0) is 48.0. The van der Waals surface area contributed by atoms with Crippen molar-refractivity contribution >= 4 is 11.0 Å². The molecule has 0 saturated carbocycles. The van der Waals surface area contributed by atoms with Crippen LogP contribution >= 0.6 is 0 Å². The van der Waals surface area contributed by atoms with E-state index in [0.29, 0.717) is 0 Å². The Morgan fingerprint density at radius 2 is 0.939 bits per heavy atom. The standard InChI is InChI=1S/C39H50O27/c40-6-16-21(47)24(50)28(54)37(60-16)64-33-18(8-42)62-36(30(56)26(33)52)59-14-2-1-10(3-12(14)45)32-35(23(49)20-13(46)4-11(44)5-15(20)58-32)66-39-31(57)27(53)34(19(9-43)63-39)65-38-29(55)25(51)22(48)17(7-41)61-38/h1-5,16-19,21-22,24-31,33-34,36-48,50-57H,6-9H2/t16-,17-,18-,19-,21-,22-,24+,25+,26-,27-,28-,29-,30-,31-,33-,34-,36-,37+,38+,39+/m1/s1. The van der Waals surface area contributed by atoms with Gasteiger partial charge in [0.25, 0.3) is 0 Å². The van der Waals surface area contributed by atoms with Crippen molar-refractivity contribution < 1.29 is 129 Å². The first-order valence-corrected chi connectivity index (χ1v) is 20.2. The molecule has 0 aliphatic carbocycles. The van der Waals surface area contributed by atoms with E-state index in [-0.39, 0.29) is 5.56 Å². The van der Waals surface area contributed by atoms with E-state index < -0.39 is 200 Å². The van der Waals surface area contributed by atoms with Crippen LogP contribution in [0, 0.1) is 0 Å². The SMILES string of the molecule is O=c1c(O[C@@H]2O[C@H](CO)[C@@H](O[C@@H]3O[C@H](CO)[C@@H](O)[C@H](O)[C@H]3O)[C@H](O)[C@H]2O)c(-c2ccc(O[C@@H]3O[C@H](CO)[C@@H](O[C@@H]4O[C@H](CO)[C@@H](O)[C@H](O)[C@H]4O)[C@H](O)[C@H]3O)c(O)c2)oc2cc(O)cc(O)c12. The molecule has 17 N–H and O–H groups in total. The summed E-state index contributed by atoms with van der Waals surface area (Å²) in [5.41, 5.74) is -1.83. The predicted octanol–water partition coefficient (Wildman–Crippen LogP) is -7.42. The topological polar surface area (TPSA) is 448 Å². The number of hydrogen-bond acceptors (Lipinski definition) is 27. The maximum absolute atomic E-state index is 14.1. The number of hydrogen-bond donors (Lipinski definition) is 17. The third kappa shape index (κ3) is 9.36. The number of benzene rings is 2. The van der Waals surface area contributed by atoms with Crippen LogP contribution in [0.3, 0.4) is 0 Å². The van der Waals surface area contributed by atoms with Crippen molar-refractivity contribution in [2.75, 3.05) is 26.4 Å². The highest BCUT2D eigenvalue weighted by Crippen LogP contribution is 2.41. The summed E-state index contributed by atoms with van der Waals surface area (Å²) in [7, 11) is 0. The van der Waals surface area contributed by atoms with Crippen LogP contribution in [0.2, 0.25) is 0 Å². The zero-order valence-electron chi connectivity index (χ0n) is 33.9. The first kappa shape index (κ1) is 49.7. The van der Waals surface area contributed by atoms with Gasteiger partial charge in [-0.25, -0.2) is 0 Å². The number of ether oxygens (including phenoxy) is 8. The summed E-state index contributed by atoms with van der Waals surface area (Å²) < 4.78 is 50.3. The van der Waals surface area contributed by atoms with E-state index in [1.807, 2.05) is 0 Å². The van der Waals surface area contributed by atoms with Gasteiger partial charge in [0.2, 0.25) is 23.8 Å². The fraction of sp³-hybridized carbons (Fsp3) is 0.615. The summed E-state index contributed by atoms with van der Waals surface area (Å²) in [5, 5.41) is 177. The average molecular weight is 951 g/mol. The van der Waals surface area contributed by atoms with E-state index in [0.717, 1.165) is 30.3 Å². The van der Waals surface area contributed by atoms with Crippen LogP contribution < -0.4 is 14.9 Å². The molecule has 0 radical (unpaired) electrons. The summed E-state index contributed by atoms with van der Waals surface area (Å²) in [5.74, 6) is -4.04. The lowest BCUT2D eigenvalue weighted by atomic mass is 9.97. The first-order chi connectivity index (χ1) is 31.3. The summed E-state index contributed by atoms with van der Waals surface area (Å²) in [6, 6.07) is 4.84. The Morgan fingerprint density at radius 3 is 1.41 bits per heavy atom. The molecule has 7 rings (SSSR count). The Kier molecular flexibility index (Phi) is 15.2. The van der Waals surface area contributed by atoms with E-state index in [4.69, 9.17) is 42.3 Å². The lowest BCUT2D eigenvalue weighted by molar-refractivity contribution is -0.352. The van der Waals surface area contributed by atoms with Crippen molar-refractivity contribution in [3.63, 3.8) is 0 Å². The lowest BCUT2D eigenvalue weighted by Crippen LogP contribution is -2.65. The third-order valence-corrected chi connectivity index (χ3v) is 11.5. The molecule has 2 aromatic carbocycles. The zero-order valence-corrected chi connectivity index (χ0v) is 33.9. The molecule has 4 saturated heterocycles. The highest BCUT2D eigenvalue weighted by molar-refractivity contribution is 5.88. The van der Waals surface area contributed by atoms with Crippen LogP contribution in [0.5, 0.6) is 28.7 Å². The van der Waals surface area contributed by atoms with Crippen LogP contribution in [-0.4, -0.2) is 236 Å². The second-order valence-electron chi connectivity index (χ2n) is 15.9. The Balaban J connectivity index is 1.13. The number of phenolic OH excluding ortho intramolecular Hbond substituents is 3. The van der Waals surface area contributed by atoms with E-state index >= 15 is 0 Å². The molecule has 3 aromatic rings. The van der Waals surface area contributed by atoms with Gasteiger partial charge in [0.15, 0.2) is 29.8 Å². The minimum atomic E-state index is -2.18. The lowest BCUT2D eigenvalue weighted by Gasteiger charge is -2.45. The van der Waals surface area contributed by atoms with Crippen molar-refractivity contribution in [3.05, 3.63) is 40.6 Å². The molecule has 27 heteroatoms. The molecule has 0 bridgehead atoms. The van der Waals surface area contributed by atoms with Gasteiger partial charge in [-0.2, -0.15) is 0 Å². The number of phenols is 3. The number of aliphatic hydroxyl groups excluding tert-OH is 14. The van der Waals surface area contributed by atoms with E-state index in [1.165, 1.54) is 0 Å². The highest BCUT2D eigenvalue weighted by Gasteiger charge is 2.53. The van der Waals surface area contributed by atoms with Gasteiger partial charge in [-0.1, -0.05) is 0 Å². The summed E-state index contributed by atoms with van der Waals surface area (Å²) in [4.78, 5) is 14.1. The van der Waals surface area contributed by atoms with E-state index in [1.54, 1.807) is 0 Å². The van der Waals surface area contributed by atoms with Crippen LogP contribution in [0.4, 0.5) is 0 Å². The van der Waals surface area contributed by atoms with Crippen LogP contribution in [0.15, 0.2) is 39.5 Å². The average Bonchev–Trinajstić information content (AvgIpc) is 3.29. The highest BCUT2D eigenvalue weighted by atomic mass is 16.8. The van der Waals surface area contributed by atoms with Crippen molar-refractivity contribution in [2.45, 2.75) is 123 Å². The number of aliphatic hydroxyl groups is 14. The molecule has 4 aliphatic rings. The summed E-state index contributed by atoms with van der Waals surface area (Å²) >= 11 is 0. The van der Waals surface area contributed by atoms with Gasteiger partial charge in [0.05, 0.1) is 26.4 Å². The molecule has 0 spiro atoms. The van der Waals surface area contributed by atoms with Crippen LogP contribution in [0.25, 0.3) is 22.3 Å². The molecule has 0 unspecified atom stereocenters. The third-order valence-electron chi connectivity index (χ3n) is 11.5. The summed E-state index contributed by atoms with van der Waals surface area (Å²) in [6.45, 7) is -3.54. The van der Waals surface area contributed by atoms with Gasteiger partial charge >= 0.3 is 0 Å². The fourth-order valence-corrected chi connectivity index (χ4v) is 7.87. The number of aromatic hydroxyl groups is 3. The molecule has 5 heterocycles. The maximum atomic E-state index is 14.1. The van der Waals surface area contributed by atoms with Gasteiger partial charge in [-0.05, 0) is 18.2 Å². The molecular weight excluding hydrogens is 900 g/mol. The van der Waals surface area contributed by atoms with Gasteiger partial charge in [-0.15, -0.1) is 0 Å². The van der Waals surface area contributed by atoms with Gasteiger partial charge in [0.1, 0.15) is 120 Å². The van der Waals surface area contributed by atoms with Gasteiger partial charge in [-0.3, -0.25) is 4.79 Å². The van der Waals surface area contributed by atoms with Gasteiger partial charge < -0.3 is 129 Å². The number of rotatable bonds is 13. The van der Waals surface area contributed by atoms with E-state index in [9.17, 15) is 91.6 Å². The first-order valence-electron chi connectivity index (χ1n) is 20.2. The van der Waals surface area contributed by atoms with Crippen molar-refractivity contribution in [1.82, 2.24) is 0 Å². The van der Waals surface area contributed by atoms with Crippen molar-refractivity contribution in [3.8, 4) is 40.1 Å². The molecule has 27 nitrogen and oxygen atoms in total. The van der Waals surface area contributed by atoms with Gasteiger partial charge in [0, 0.05) is 17.7 Å². The normalized spacial score (nSPS) is 39.7. The quantitative estimate of drug-likeness (QED) is 0.0757. The largest absolute Gasteiger partial charge is 0.508 e. The van der Waals surface area contributed by atoms with Crippen molar-refractivity contribution in [2.24, 2.45) is 0 Å². The fourth-order valence-electron chi connectivity index (χ4n) is 7.87. The molecular formula is C39H50O27. The molecule has 1 aromatic heterocycles.